The molecule has 1 unspecified atom stereocenters. The van der Waals surface area contributed by atoms with E-state index in [4.69, 9.17) is 11.5 Å². The Morgan fingerprint density at radius 3 is 2.39 bits per heavy atom. The lowest BCUT2D eigenvalue weighted by Crippen LogP contribution is -2.14. The highest BCUT2D eigenvalue weighted by Gasteiger charge is 2.10. The van der Waals surface area contributed by atoms with Crippen LogP contribution in [0.3, 0.4) is 0 Å². The number of rotatable bonds is 3. The van der Waals surface area contributed by atoms with Gasteiger partial charge in [0.2, 0.25) is 0 Å². The third kappa shape index (κ3) is 3.01. The topological polar surface area (TPSA) is 64.9 Å². The van der Waals surface area contributed by atoms with E-state index in [9.17, 15) is 8.78 Å². The predicted octanol–water partition coefficient (Wildman–Crippen LogP) is 2.18. The first-order valence-corrected chi connectivity index (χ1v) is 5.46. The Hall–Kier alpha value is -2.01. The minimum absolute atomic E-state index is 0.394. The highest BCUT2D eigenvalue weighted by molar-refractivity contribution is 5.33. The predicted molar refractivity (Wildman–Crippen MR) is 65.6 cm³/mol. The molecule has 0 aliphatic rings. The Morgan fingerprint density at radius 1 is 1.11 bits per heavy atom. The molecule has 4 N–H and O–H groups in total. The summed E-state index contributed by atoms with van der Waals surface area (Å²) in [6.07, 6.45) is 2.01. The smallest absolute Gasteiger partial charge is 0.126 e. The Labute approximate surface area is 103 Å². The molecule has 0 spiro atoms. The molecule has 0 saturated heterocycles. The molecule has 2 rings (SSSR count). The first kappa shape index (κ1) is 12.4. The van der Waals surface area contributed by atoms with Crippen LogP contribution in [0.15, 0.2) is 36.5 Å². The summed E-state index contributed by atoms with van der Waals surface area (Å²) in [6, 6.07) is 6.26. The Balaban J connectivity index is 2.19. The Morgan fingerprint density at radius 2 is 1.78 bits per heavy atom. The summed E-state index contributed by atoms with van der Waals surface area (Å²) in [5.41, 5.74) is 12.8. The lowest BCUT2D eigenvalue weighted by molar-refractivity contribution is 0.572. The van der Waals surface area contributed by atoms with Gasteiger partial charge in [0.05, 0.1) is 0 Å². The van der Waals surface area contributed by atoms with Crippen molar-refractivity contribution < 1.29 is 8.78 Å². The number of pyridine rings is 1. The molecule has 0 radical (unpaired) electrons. The summed E-state index contributed by atoms with van der Waals surface area (Å²) in [4.78, 5) is 3.87. The Kier molecular flexibility index (Phi) is 3.53. The Bertz CT molecular complexity index is 537. The van der Waals surface area contributed by atoms with Crippen molar-refractivity contribution in [3.05, 3.63) is 59.3 Å². The second-order valence-corrected chi connectivity index (χ2v) is 4.10. The average molecular weight is 249 g/mol. The first-order chi connectivity index (χ1) is 8.54. The molecule has 1 heterocycles. The summed E-state index contributed by atoms with van der Waals surface area (Å²) in [6.45, 7) is 0. The fourth-order valence-electron chi connectivity index (χ4n) is 1.78. The van der Waals surface area contributed by atoms with Crippen LogP contribution in [0.5, 0.6) is 0 Å². The standard InChI is InChI=1S/C13H13F2N3/c14-10-5-9(6-11(15)7-10)12(16)3-8-1-2-18-13(17)4-8/h1-2,4-7,12H,3,16H2,(H2,17,18). The van der Waals surface area contributed by atoms with Crippen molar-refractivity contribution in [3.8, 4) is 0 Å². The summed E-state index contributed by atoms with van der Waals surface area (Å²) < 4.78 is 26.1. The zero-order valence-corrected chi connectivity index (χ0v) is 9.61. The van der Waals surface area contributed by atoms with E-state index in [1.807, 2.05) is 0 Å². The van der Waals surface area contributed by atoms with Gasteiger partial charge in [-0.2, -0.15) is 0 Å². The van der Waals surface area contributed by atoms with E-state index in [0.717, 1.165) is 11.6 Å². The summed E-state index contributed by atoms with van der Waals surface area (Å²) in [7, 11) is 0. The van der Waals surface area contributed by atoms with Crippen molar-refractivity contribution in [1.29, 1.82) is 0 Å². The fourth-order valence-corrected chi connectivity index (χ4v) is 1.78. The molecule has 94 valence electrons. The van der Waals surface area contributed by atoms with Crippen molar-refractivity contribution in [1.82, 2.24) is 4.98 Å². The number of aromatic nitrogens is 1. The molecule has 0 bridgehead atoms. The third-order valence-electron chi connectivity index (χ3n) is 2.61. The van der Waals surface area contributed by atoms with Crippen molar-refractivity contribution >= 4 is 5.82 Å². The third-order valence-corrected chi connectivity index (χ3v) is 2.61. The van der Waals surface area contributed by atoms with E-state index in [0.29, 0.717) is 17.8 Å². The van der Waals surface area contributed by atoms with Crippen LogP contribution in [0.2, 0.25) is 0 Å². The molecule has 1 atom stereocenters. The molecule has 18 heavy (non-hydrogen) atoms. The summed E-state index contributed by atoms with van der Waals surface area (Å²) >= 11 is 0. The lowest BCUT2D eigenvalue weighted by atomic mass is 10.00. The molecule has 0 aliphatic heterocycles. The number of anilines is 1. The molecular weight excluding hydrogens is 236 g/mol. The van der Waals surface area contributed by atoms with Gasteiger partial charge in [0.1, 0.15) is 17.5 Å². The number of halogens is 2. The second kappa shape index (κ2) is 5.10. The molecule has 0 saturated carbocycles. The van der Waals surface area contributed by atoms with Crippen molar-refractivity contribution in [2.45, 2.75) is 12.5 Å². The van der Waals surface area contributed by atoms with Crippen molar-refractivity contribution in [2.75, 3.05) is 5.73 Å². The van der Waals surface area contributed by atoms with Crippen LogP contribution < -0.4 is 11.5 Å². The van der Waals surface area contributed by atoms with Gasteiger partial charge in [-0.05, 0) is 41.8 Å². The molecule has 0 aliphatic carbocycles. The van der Waals surface area contributed by atoms with Gasteiger partial charge in [0.15, 0.2) is 0 Å². The maximum absolute atomic E-state index is 13.1. The van der Waals surface area contributed by atoms with E-state index in [1.165, 1.54) is 12.1 Å². The maximum Gasteiger partial charge on any atom is 0.126 e. The molecule has 1 aromatic carbocycles. The largest absolute Gasteiger partial charge is 0.384 e. The zero-order chi connectivity index (χ0) is 13.1. The number of nitrogen functional groups attached to an aromatic ring is 1. The van der Waals surface area contributed by atoms with Crippen LogP contribution in [0, 0.1) is 11.6 Å². The molecule has 0 fully saturated rings. The van der Waals surface area contributed by atoms with Crippen molar-refractivity contribution in [3.63, 3.8) is 0 Å². The monoisotopic (exact) mass is 249 g/mol. The molecule has 0 amide bonds. The van der Waals surface area contributed by atoms with Crippen molar-refractivity contribution in [2.24, 2.45) is 5.73 Å². The second-order valence-electron chi connectivity index (χ2n) is 4.10. The van der Waals surface area contributed by atoms with Crippen LogP contribution in [-0.2, 0) is 6.42 Å². The number of nitrogens with zero attached hydrogens (tertiary/aromatic N) is 1. The number of hydrogen-bond acceptors (Lipinski definition) is 3. The van der Waals surface area contributed by atoms with Gasteiger partial charge < -0.3 is 11.5 Å². The minimum Gasteiger partial charge on any atom is -0.384 e. The van der Waals surface area contributed by atoms with Crippen LogP contribution in [-0.4, -0.2) is 4.98 Å². The van der Waals surface area contributed by atoms with Gasteiger partial charge in [0, 0.05) is 18.3 Å². The first-order valence-electron chi connectivity index (χ1n) is 5.46. The molecule has 1 aromatic heterocycles. The van der Waals surface area contributed by atoms with Gasteiger partial charge >= 0.3 is 0 Å². The van der Waals surface area contributed by atoms with Crippen LogP contribution in [0.25, 0.3) is 0 Å². The summed E-state index contributed by atoms with van der Waals surface area (Å²) in [5, 5.41) is 0. The van der Waals surface area contributed by atoms with Gasteiger partial charge in [-0.15, -0.1) is 0 Å². The highest BCUT2D eigenvalue weighted by atomic mass is 19.1. The van der Waals surface area contributed by atoms with Gasteiger partial charge in [-0.1, -0.05) is 0 Å². The van der Waals surface area contributed by atoms with Gasteiger partial charge in [0.25, 0.3) is 0 Å². The molecule has 5 heteroatoms. The average Bonchev–Trinajstić information content (AvgIpc) is 2.27. The number of benzene rings is 1. The minimum atomic E-state index is -0.630. The number of hydrogen-bond donors (Lipinski definition) is 2. The van der Waals surface area contributed by atoms with Crippen LogP contribution in [0.4, 0.5) is 14.6 Å². The number of nitrogens with two attached hydrogens (primary N) is 2. The SMILES string of the molecule is Nc1cc(CC(N)c2cc(F)cc(F)c2)ccn1. The lowest BCUT2D eigenvalue weighted by Gasteiger charge is -2.12. The van der Waals surface area contributed by atoms with E-state index in [-0.39, 0.29) is 0 Å². The molecule has 2 aromatic rings. The van der Waals surface area contributed by atoms with E-state index < -0.39 is 17.7 Å². The van der Waals surface area contributed by atoms with Gasteiger partial charge in [-0.3, -0.25) is 0 Å². The zero-order valence-electron chi connectivity index (χ0n) is 9.61. The quantitative estimate of drug-likeness (QED) is 0.876. The normalized spacial score (nSPS) is 12.4. The van der Waals surface area contributed by atoms with Crippen LogP contribution >= 0.6 is 0 Å². The summed E-state index contributed by atoms with van der Waals surface area (Å²) in [5.74, 6) is -0.866. The molecular formula is C13H13F2N3. The molecule has 3 nitrogen and oxygen atoms in total. The highest BCUT2D eigenvalue weighted by Crippen LogP contribution is 2.19. The maximum atomic E-state index is 13.1. The van der Waals surface area contributed by atoms with E-state index in [1.54, 1.807) is 18.3 Å². The fraction of sp³-hybridized carbons (Fsp3) is 0.154. The van der Waals surface area contributed by atoms with E-state index in [2.05, 4.69) is 4.98 Å². The van der Waals surface area contributed by atoms with Gasteiger partial charge in [-0.25, -0.2) is 13.8 Å². The van der Waals surface area contributed by atoms with E-state index >= 15 is 0 Å². The van der Waals surface area contributed by atoms with Crippen LogP contribution in [0.1, 0.15) is 17.2 Å².